The molecule has 0 N–H and O–H groups in total. The summed E-state index contributed by atoms with van der Waals surface area (Å²) in [6.07, 6.45) is 1.63. The Hall–Kier alpha value is -3.09. The molecule has 0 bridgehead atoms. The van der Waals surface area contributed by atoms with Gasteiger partial charge in [-0.25, -0.2) is 8.42 Å². The highest BCUT2D eigenvalue weighted by molar-refractivity contribution is 7.89. The molecule has 0 atom stereocenters. The maximum atomic E-state index is 13.3. The van der Waals surface area contributed by atoms with E-state index in [1.54, 1.807) is 28.6 Å². The smallest absolute Gasteiger partial charge is 0.243 e. The topological polar surface area (TPSA) is 51.5 Å². The van der Waals surface area contributed by atoms with Gasteiger partial charge in [-0.05, 0) is 86.6 Å². The van der Waals surface area contributed by atoms with Gasteiger partial charge in [0, 0.05) is 36.2 Å². The molecule has 0 saturated carbocycles. The Morgan fingerprint density at radius 3 is 2.25 bits per heavy atom. The van der Waals surface area contributed by atoms with Gasteiger partial charge in [0.25, 0.3) is 0 Å². The number of hydrogen-bond donors (Lipinski definition) is 0. The van der Waals surface area contributed by atoms with Gasteiger partial charge in [-0.2, -0.15) is 4.31 Å². The molecule has 6 heteroatoms. The van der Waals surface area contributed by atoms with Gasteiger partial charge in [0.2, 0.25) is 10.0 Å². The lowest BCUT2D eigenvalue weighted by molar-refractivity contribution is 0.319. The first-order valence-electron chi connectivity index (χ1n) is 12.8. The summed E-state index contributed by atoms with van der Waals surface area (Å²) < 4.78 is 36.1. The van der Waals surface area contributed by atoms with Crippen LogP contribution >= 0.6 is 0 Å². The van der Waals surface area contributed by atoms with Crippen LogP contribution in [0.5, 0.6) is 5.75 Å². The summed E-state index contributed by atoms with van der Waals surface area (Å²) in [4.78, 5) is 0.329. The fraction of sp³-hybridized carbons (Fsp3) is 0.333. The molecule has 0 spiro atoms. The van der Waals surface area contributed by atoms with E-state index in [-0.39, 0.29) is 0 Å². The van der Waals surface area contributed by atoms with E-state index in [0.29, 0.717) is 36.3 Å². The van der Waals surface area contributed by atoms with Gasteiger partial charge in [-0.1, -0.05) is 42.5 Å². The Balaban J connectivity index is 1.39. The van der Waals surface area contributed by atoms with Crippen molar-refractivity contribution in [1.29, 1.82) is 0 Å². The van der Waals surface area contributed by atoms with Crippen molar-refractivity contribution in [3.05, 3.63) is 95.2 Å². The van der Waals surface area contributed by atoms with Crippen LogP contribution in [-0.2, 0) is 16.6 Å². The average molecular weight is 503 g/mol. The lowest BCUT2D eigenvalue weighted by Crippen LogP contribution is -2.38. The molecular weight excluding hydrogens is 468 g/mol. The molecule has 36 heavy (non-hydrogen) atoms. The second kappa shape index (κ2) is 10.1. The van der Waals surface area contributed by atoms with Gasteiger partial charge in [-0.3, -0.25) is 0 Å². The summed E-state index contributed by atoms with van der Waals surface area (Å²) in [5.74, 6) is 1.02. The van der Waals surface area contributed by atoms with Gasteiger partial charge in [0.15, 0.2) is 0 Å². The van der Waals surface area contributed by atoms with Crippen molar-refractivity contribution < 1.29 is 13.2 Å². The van der Waals surface area contributed by atoms with Crippen molar-refractivity contribution in [3.63, 3.8) is 0 Å². The first-order chi connectivity index (χ1) is 17.4. The summed E-state index contributed by atoms with van der Waals surface area (Å²) in [7, 11) is -3.52. The monoisotopic (exact) mass is 502 g/mol. The normalized spacial score (nSPS) is 15.4. The fourth-order valence-electron chi connectivity index (χ4n) is 5.54. The predicted octanol–water partition coefficient (Wildman–Crippen LogP) is 6.27. The van der Waals surface area contributed by atoms with Crippen LogP contribution in [0, 0.1) is 13.8 Å². The van der Waals surface area contributed by atoms with Gasteiger partial charge < -0.3 is 9.30 Å². The number of fused-ring (bicyclic) bond motifs is 1. The lowest BCUT2D eigenvalue weighted by Gasteiger charge is -2.31. The molecule has 0 amide bonds. The third-order valence-corrected chi connectivity index (χ3v) is 9.42. The zero-order valence-corrected chi connectivity index (χ0v) is 22.1. The molecule has 188 valence electrons. The van der Waals surface area contributed by atoms with Crippen LogP contribution in [0.25, 0.3) is 10.9 Å². The third-order valence-electron chi connectivity index (χ3n) is 7.50. The largest absolute Gasteiger partial charge is 0.494 e. The summed E-state index contributed by atoms with van der Waals surface area (Å²) in [5.41, 5.74) is 6.52. The van der Waals surface area contributed by atoms with Gasteiger partial charge >= 0.3 is 0 Å². The van der Waals surface area contributed by atoms with E-state index < -0.39 is 10.0 Å². The number of hydrogen-bond acceptors (Lipinski definition) is 3. The summed E-state index contributed by atoms with van der Waals surface area (Å²) in [5, 5.41) is 1.29. The minimum Gasteiger partial charge on any atom is -0.494 e. The van der Waals surface area contributed by atoms with Crippen LogP contribution in [0.2, 0.25) is 0 Å². The van der Waals surface area contributed by atoms with Crippen LogP contribution in [-0.4, -0.2) is 37.0 Å². The molecule has 1 aromatic heterocycles. The number of aryl methyl sites for hydroxylation is 1. The second-order valence-corrected chi connectivity index (χ2v) is 11.5. The van der Waals surface area contributed by atoms with Crippen molar-refractivity contribution >= 4 is 20.9 Å². The molecule has 1 aliphatic heterocycles. The van der Waals surface area contributed by atoms with Crippen molar-refractivity contribution in [3.8, 4) is 5.75 Å². The number of sulfonamides is 1. The number of piperidine rings is 1. The number of benzene rings is 3. The Morgan fingerprint density at radius 1 is 0.889 bits per heavy atom. The van der Waals surface area contributed by atoms with Crippen molar-refractivity contribution in [2.24, 2.45) is 0 Å². The molecule has 5 nitrogen and oxygen atoms in total. The van der Waals surface area contributed by atoms with Gasteiger partial charge in [0.1, 0.15) is 5.75 Å². The number of nitrogens with zero attached hydrogens (tertiary/aromatic N) is 2. The minimum atomic E-state index is -3.52. The maximum absolute atomic E-state index is 13.3. The van der Waals surface area contributed by atoms with E-state index >= 15 is 0 Å². The highest BCUT2D eigenvalue weighted by Gasteiger charge is 2.32. The number of ether oxygens (including phenoxy) is 1. The number of rotatable bonds is 7. The molecule has 4 aromatic rings. The van der Waals surface area contributed by atoms with E-state index in [1.165, 1.54) is 33.3 Å². The quantitative estimate of drug-likeness (QED) is 0.299. The van der Waals surface area contributed by atoms with Gasteiger partial charge in [0.05, 0.1) is 11.5 Å². The zero-order valence-electron chi connectivity index (χ0n) is 21.3. The Morgan fingerprint density at radius 2 is 1.56 bits per heavy atom. The molecule has 2 heterocycles. The lowest BCUT2D eigenvalue weighted by atomic mass is 9.88. The van der Waals surface area contributed by atoms with E-state index in [1.807, 2.05) is 6.92 Å². The minimum absolute atomic E-state index is 0.329. The molecule has 1 aliphatic rings. The molecule has 3 aromatic carbocycles. The van der Waals surface area contributed by atoms with E-state index in [2.05, 4.69) is 66.9 Å². The Kier molecular flexibility index (Phi) is 6.91. The fourth-order valence-corrected chi connectivity index (χ4v) is 7.01. The molecule has 1 fully saturated rings. The third kappa shape index (κ3) is 4.56. The first-order valence-corrected chi connectivity index (χ1v) is 14.2. The molecule has 0 radical (unpaired) electrons. The van der Waals surface area contributed by atoms with Crippen molar-refractivity contribution in [2.75, 3.05) is 19.7 Å². The van der Waals surface area contributed by atoms with Crippen molar-refractivity contribution in [1.82, 2.24) is 8.87 Å². The molecular formula is C30H34N2O3S. The Labute approximate surface area is 214 Å². The number of aromatic nitrogens is 1. The molecule has 1 saturated heterocycles. The molecule has 5 rings (SSSR count). The predicted molar refractivity (Wildman–Crippen MR) is 145 cm³/mol. The SMILES string of the molecule is CCOc1ccc(S(=O)(=O)N2CCC(c3c(C)n(Cc4ccccc4C)c4ccccc34)CC2)cc1. The van der Waals surface area contributed by atoms with E-state index in [0.717, 1.165) is 19.4 Å². The zero-order chi connectivity index (χ0) is 25.3. The summed E-state index contributed by atoms with van der Waals surface area (Å²) >= 11 is 0. The van der Waals surface area contributed by atoms with E-state index in [4.69, 9.17) is 4.74 Å². The van der Waals surface area contributed by atoms with E-state index in [9.17, 15) is 8.42 Å². The van der Waals surface area contributed by atoms with Crippen LogP contribution in [0.15, 0.2) is 77.7 Å². The van der Waals surface area contributed by atoms with Crippen LogP contribution in [0.4, 0.5) is 0 Å². The standard InChI is InChI=1S/C30H34N2O3S/c1-4-35-26-13-15-27(16-14-26)36(33,34)31-19-17-24(18-20-31)30-23(3)32(29-12-8-7-11-28(29)30)21-25-10-6-5-9-22(25)2/h5-16,24H,4,17-21H2,1-3H3. The molecule has 0 unspecified atom stereocenters. The molecule has 0 aliphatic carbocycles. The van der Waals surface area contributed by atoms with Crippen LogP contribution in [0.3, 0.4) is 0 Å². The maximum Gasteiger partial charge on any atom is 0.243 e. The number of para-hydroxylation sites is 1. The van der Waals surface area contributed by atoms with Crippen LogP contribution < -0.4 is 4.74 Å². The van der Waals surface area contributed by atoms with Crippen molar-refractivity contribution in [2.45, 2.75) is 51.0 Å². The summed E-state index contributed by atoms with van der Waals surface area (Å²) in [6, 6.07) is 23.9. The van der Waals surface area contributed by atoms with Crippen LogP contribution in [0.1, 0.15) is 48.1 Å². The van der Waals surface area contributed by atoms with Gasteiger partial charge in [-0.15, -0.1) is 0 Å². The highest BCUT2D eigenvalue weighted by atomic mass is 32.2. The average Bonchev–Trinajstić information content (AvgIpc) is 3.17. The Bertz CT molecular complexity index is 1460. The summed E-state index contributed by atoms with van der Waals surface area (Å²) in [6.45, 7) is 8.74. The second-order valence-electron chi connectivity index (χ2n) is 9.61. The first kappa shape index (κ1) is 24.6. The highest BCUT2D eigenvalue weighted by Crippen LogP contribution is 2.39.